The predicted molar refractivity (Wildman–Crippen MR) is 84.6 cm³/mol. The molecule has 1 atom stereocenters. The summed E-state index contributed by atoms with van der Waals surface area (Å²) in [5, 5.41) is 3.69. The second-order valence-corrected chi connectivity index (χ2v) is 7.33. The van der Waals surface area contributed by atoms with Crippen molar-refractivity contribution in [3.63, 3.8) is 0 Å². The van der Waals surface area contributed by atoms with Crippen LogP contribution in [0.15, 0.2) is 24.3 Å². The van der Waals surface area contributed by atoms with Crippen molar-refractivity contribution in [1.29, 1.82) is 0 Å². The Kier molecular flexibility index (Phi) is 6.95. The highest BCUT2D eigenvalue weighted by atomic mass is 35.5. The maximum Gasteiger partial charge on any atom is 0.215 e. The number of hydrogen-bond acceptors (Lipinski definition) is 3. The molecule has 0 aliphatic carbocycles. The van der Waals surface area contributed by atoms with Crippen molar-refractivity contribution in [2.24, 2.45) is 0 Å². The third kappa shape index (κ3) is 4.74. The number of nitrogens with zero attached hydrogens (tertiary/aromatic N) is 1. The number of benzene rings is 1. The van der Waals surface area contributed by atoms with Gasteiger partial charge in [-0.2, -0.15) is 4.31 Å². The van der Waals surface area contributed by atoms with Crippen molar-refractivity contribution in [2.45, 2.75) is 26.3 Å². The minimum Gasteiger partial charge on any atom is -0.316 e. The number of nitrogens with one attached hydrogen (secondary N) is 1. The lowest BCUT2D eigenvalue weighted by atomic mass is 10.1. The van der Waals surface area contributed by atoms with Crippen LogP contribution in [0.3, 0.4) is 0 Å². The normalized spacial score (nSPS) is 13.7. The fraction of sp³-hybridized carbons (Fsp3) is 0.571. The van der Waals surface area contributed by atoms with Gasteiger partial charge < -0.3 is 5.32 Å². The molecule has 0 fully saturated rings. The smallest absolute Gasteiger partial charge is 0.215 e. The molecule has 1 unspecified atom stereocenters. The van der Waals surface area contributed by atoms with Crippen molar-refractivity contribution in [3.8, 4) is 0 Å². The van der Waals surface area contributed by atoms with Gasteiger partial charge in [-0.3, -0.25) is 0 Å². The number of hydrogen-bond donors (Lipinski definition) is 1. The lowest BCUT2D eigenvalue weighted by molar-refractivity contribution is 0.398. The van der Waals surface area contributed by atoms with Crippen molar-refractivity contribution in [2.75, 3.05) is 25.9 Å². The maximum absolute atomic E-state index is 12.3. The Morgan fingerprint density at radius 3 is 2.55 bits per heavy atom. The van der Waals surface area contributed by atoms with E-state index in [9.17, 15) is 8.42 Å². The summed E-state index contributed by atoms with van der Waals surface area (Å²) in [6.45, 7) is 5.19. The van der Waals surface area contributed by atoms with Crippen LogP contribution in [-0.4, -0.2) is 38.6 Å². The molecule has 1 rings (SSSR count). The zero-order valence-electron chi connectivity index (χ0n) is 12.3. The van der Waals surface area contributed by atoms with E-state index in [4.69, 9.17) is 11.6 Å². The van der Waals surface area contributed by atoms with Crippen LogP contribution in [0.5, 0.6) is 0 Å². The average Bonchev–Trinajstić information content (AvgIpc) is 2.42. The lowest BCUT2D eigenvalue weighted by Gasteiger charge is -2.25. The molecule has 0 radical (unpaired) electrons. The molecular weight excluding hydrogens is 296 g/mol. The fourth-order valence-electron chi connectivity index (χ4n) is 1.90. The van der Waals surface area contributed by atoms with Crippen LogP contribution in [0.2, 0.25) is 5.02 Å². The molecule has 0 spiro atoms. The van der Waals surface area contributed by atoms with E-state index in [2.05, 4.69) is 5.32 Å². The van der Waals surface area contributed by atoms with Crippen LogP contribution in [0.1, 0.15) is 31.9 Å². The molecule has 0 saturated carbocycles. The van der Waals surface area contributed by atoms with Crippen molar-refractivity contribution in [3.05, 3.63) is 34.9 Å². The highest BCUT2D eigenvalue weighted by Crippen LogP contribution is 2.27. The Morgan fingerprint density at radius 1 is 1.30 bits per heavy atom. The summed E-state index contributed by atoms with van der Waals surface area (Å²) in [6.07, 6.45) is 0.992. The fourth-order valence-corrected chi connectivity index (χ4v) is 3.48. The first-order valence-corrected chi connectivity index (χ1v) is 8.79. The first-order valence-electron chi connectivity index (χ1n) is 6.81. The van der Waals surface area contributed by atoms with Crippen LogP contribution in [0, 0.1) is 0 Å². The molecule has 114 valence electrons. The summed E-state index contributed by atoms with van der Waals surface area (Å²) in [5.41, 5.74) is 0.821. The molecule has 0 amide bonds. The zero-order valence-corrected chi connectivity index (χ0v) is 13.8. The molecule has 0 aliphatic heterocycles. The quantitative estimate of drug-likeness (QED) is 0.750. The van der Waals surface area contributed by atoms with Gasteiger partial charge >= 0.3 is 0 Å². The standard InChI is InChI=1S/C14H23ClN2O2S/c1-4-9-16-10-11-20(18,19)17(3)12(2)13-7-5-6-8-14(13)15/h5-8,12,16H,4,9-11H2,1-3H3. The van der Waals surface area contributed by atoms with Gasteiger partial charge in [0.2, 0.25) is 10.0 Å². The largest absolute Gasteiger partial charge is 0.316 e. The molecule has 4 nitrogen and oxygen atoms in total. The Morgan fingerprint density at radius 2 is 1.95 bits per heavy atom. The molecule has 0 aliphatic rings. The van der Waals surface area contributed by atoms with E-state index >= 15 is 0 Å². The third-order valence-corrected chi connectivity index (χ3v) is 5.56. The van der Waals surface area contributed by atoms with Crippen LogP contribution < -0.4 is 5.32 Å². The molecule has 20 heavy (non-hydrogen) atoms. The van der Waals surface area contributed by atoms with Gasteiger partial charge in [0.1, 0.15) is 0 Å². The highest BCUT2D eigenvalue weighted by molar-refractivity contribution is 7.89. The minimum atomic E-state index is -3.29. The van der Waals surface area contributed by atoms with E-state index in [0.717, 1.165) is 18.5 Å². The first-order chi connectivity index (χ1) is 9.40. The maximum atomic E-state index is 12.3. The molecule has 6 heteroatoms. The van der Waals surface area contributed by atoms with Crippen LogP contribution >= 0.6 is 11.6 Å². The van der Waals surface area contributed by atoms with E-state index in [-0.39, 0.29) is 11.8 Å². The third-order valence-electron chi connectivity index (χ3n) is 3.30. The van der Waals surface area contributed by atoms with Crippen LogP contribution in [0.4, 0.5) is 0 Å². The molecule has 1 aromatic rings. The summed E-state index contributed by atoms with van der Waals surface area (Å²) in [7, 11) is -1.69. The molecule has 0 heterocycles. The van der Waals surface area contributed by atoms with Crippen LogP contribution in [0.25, 0.3) is 0 Å². The monoisotopic (exact) mass is 318 g/mol. The van der Waals surface area contributed by atoms with Gasteiger partial charge in [0.05, 0.1) is 5.75 Å². The Labute approximate surface area is 127 Å². The van der Waals surface area contributed by atoms with E-state index in [0.29, 0.717) is 11.6 Å². The Hall–Kier alpha value is -0.620. The number of sulfonamides is 1. The summed E-state index contributed by atoms with van der Waals surface area (Å²) < 4.78 is 25.9. The molecule has 1 aromatic carbocycles. The molecule has 0 bridgehead atoms. The number of rotatable bonds is 8. The first kappa shape index (κ1) is 17.4. The van der Waals surface area contributed by atoms with Crippen molar-refractivity contribution in [1.82, 2.24) is 9.62 Å². The molecular formula is C14H23ClN2O2S. The van der Waals surface area contributed by atoms with E-state index in [1.54, 1.807) is 13.1 Å². The minimum absolute atomic E-state index is 0.0955. The highest BCUT2D eigenvalue weighted by Gasteiger charge is 2.24. The SMILES string of the molecule is CCCNCCS(=O)(=O)N(C)C(C)c1ccccc1Cl. The van der Waals surface area contributed by atoms with E-state index < -0.39 is 10.0 Å². The Balaban J connectivity index is 2.73. The summed E-state index contributed by atoms with van der Waals surface area (Å²) in [6, 6.07) is 7.05. The van der Waals surface area contributed by atoms with Gasteiger partial charge in [-0.05, 0) is 31.5 Å². The van der Waals surface area contributed by atoms with Crippen LogP contribution in [-0.2, 0) is 10.0 Å². The van der Waals surface area contributed by atoms with Gasteiger partial charge in [0.25, 0.3) is 0 Å². The second kappa shape index (κ2) is 7.98. The average molecular weight is 319 g/mol. The lowest BCUT2D eigenvalue weighted by Crippen LogP contribution is -2.35. The topological polar surface area (TPSA) is 49.4 Å². The van der Waals surface area contributed by atoms with Gasteiger partial charge in [-0.25, -0.2) is 8.42 Å². The predicted octanol–water partition coefficient (Wildman–Crippen LogP) is 2.66. The molecule has 1 N–H and O–H groups in total. The second-order valence-electron chi connectivity index (χ2n) is 4.78. The van der Waals surface area contributed by atoms with Gasteiger partial charge in [0, 0.05) is 24.7 Å². The van der Waals surface area contributed by atoms with Crippen molar-refractivity contribution < 1.29 is 8.42 Å². The van der Waals surface area contributed by atoms with Gasteiger partial charge in [-0.15, -0.1) is 0 Å². The molecule has 0 saturated heterocycles. The van der Waals surface area contributed by atoms with Gasteiger partial charge in [0.15, 0.2) is 0 Å². The number of halogens is 1. The van der Waals surface area contributed by atoms with Gasteiger partial charge in [-0.1, -0.05) is 36.7 Å². The summed E-state index contributed by atoms with van der Waals surface area (Å²) >= 11 is 6.13. The molecule has 0 aromatic heterocycles. The zero-order chi connectivity index (χ0) is 15.2. The van der Waals surface area contributed by atoms with Crippen molar-refractivity contribution >= 4 is 21.6 Å². The summed E-state index contributed by atoms with van der Waals surface area (Å²) in [4.78, 5) is 0. The van der Waals surface area contributed by atoms with E-state index in [1.165, 1.54) is 4.31 Å². The summed E-state index contributed by atoms with van der Waals surface area (Å²) in [5.74, 6) is 0.0955. The Bertz CT molecular complexity index is 520. The van der Waals surface area contributed by atoms with E-state index in [1.807, 2.05) is 32.0 Å².